The normalized spacial score (nSPS) is 11.8. The Kier molecular flexibility index (Phi) is 1.72. The lowest BCUT2D eigenvalue weighted by atomic mass is 10.1. The molecule has 0 saturated heterocycles. The fourth-order valence-corrected chi connectivity index (χ4v) is 1.15. The lowest BCUT2D eigenvalue weighted by molar-refractivity contribution is 0.338. The van der Waals surface area contributed by atoms with Gasteiger partial charge >= 0.3 is 0 Å². The predicted molar refractivity (Wildman–Crippen MR) is 46.6 cm³/mol. The molecule has 2 aromatic rings. The van der Waals surface area contributed by atoms with Gasteiger partial charge in [-0.1, -0.05) is 0 Å². The number of hydrogen-bond donors (Lipinski definition) is 2. The largest absolute Gasteiger partial charge is 0.465 e. The van der Waals surface area contributed by atoms with Crippen LogP contribution in [0.3, 0.4) is 0 Å². The second-order valence-corrected chi connectivity index (χ2v) is 2.82. The Morgan fingerprint density at radius 3 is 1.69 bits per heavy atom. The number of hydrogen-bond acceptors (Lipinski definition) is 4. The van der Waals surface area contributed by atoms with E-state index in [1.54, 1.807) is 24.3 Å². The lowest BCUT2D eigenvalue weighted by Gasteiger charge is -2.18. The van der Waals surface area contributed by atoms with E-state index in [9.17, 15) is 0 Å². The SMILES string of the molecule is NC(N)(c1ccco1)c1ccco1. The van der Waals surface area contributed by atoms with Crippen molar-refractivity contribution in [2.75, 3.05) is 0 Å². The topological polar surface area (TPSA) is 78.3 Å². The molecule has 4 N–H and O–H groups in total. The Bertz CT molecular complexity index is 326. The number of furan rings is 2. The van der Waals surface area contributed by atoms with E-state index in [-0.39, 0.29) is 0 Å². The van der Waals surface area contributed by atoms with E-state index >= 15 is 0 Å². The molecule has 0 spiro atoms. The molecule has 68 valence electrons. The van der Waals surface area contributed by atoms with Crippen molar-refractivity contribution in [1.82, 2.24) is 0 Å². The molecule has 4 heteroatoms. The van der Waals surface area contributed by atoms with E-state index in [2.05, 4.69) is 0 Å². The van der Waals surface area contributed by atoms with E-state index in [1.165, 1.54) is 12.5 Å². The molecule has 0 aliphatic carbocycles. The average molecular weight is 178 g/mol. The van der Waals surface area contributed by atoms with Gasteiger partial charge in [-0.3, -0.25) is 0 Å². The van der Waals surface area contributed by atoms with Gasteiger partial charge in [-0.25, -0.2) is 0 Å². The highest BCUT2D eigenvalue weighted by molar-refractivity contribution is 5.23. The van der Waals surface area contributed by atoms with Crippen LogP contribution in [0.15, 0.2) is 45.6 Å². The molecule has 0 radical (unpaired) electrons. The van der Waals surface area contributed by atoms with Gasteiger partial charge in [0.15, 0.2) is 5.66 Å². The zero-order valence-corrected chi connectivity index (χ0v) is 6.94. The number of nitrogens with two attached hydrogens (primary N) is 2. The highest BCUT2D eigenvalue weighted by Gasteiger charge is 2.30. The van der Waals surface area contributed by atoms with Crippen LogP contribution in [0.2, 0.25) is 0 Å². The molecule has 0 aromatic carbocycles. The van der Waals surface area contributed by atoms with Gasteiger partial charge in [0.25, 0.3) is 0 Å². The second-order valence-electron chi connectivity index (χ2n) is 2.82. The first kappa shape index (κ1) is 8.10. The maximum Gasteiger partial charge on any atom is 0.183 e. The van der Waals surface area contributed by atoms with E-state index in [0.717, 1.165) is 0 Å². The third-order valence-corrected chi connectivity index (χ3v) is 1.86. The van der Waals surface area contributed by atoms with Crippen molar-refractivity contribution in [3.63, 3.8) is 0 Å². The highest BCUT2D eigenvalue weighted by atomic mass is 16.3. The van der Waals surface area contributed by atoms with Crippen LogP contribution in [0.4, 0.5) is 0 Å². The molecule has 0 aliphatic rings. The van der Waals surface area contributed by atoms with Gasteiger partial charge in [-0.15, -0.1) is 0 Å². The summed E-state index contributed by atoms with van der Waals surface area (Å²) in [5.74, 6) is 0.949. The molecule has 2 rings (SSSR count). The van der Waals surface area contributed by atoms with Gasteiger partial charge in [0.1, 0.15) is 11.5 Å². The molecule has 0 saturated carbocycles. The van der Waals surface area contributed by atoms with Crippen LogP contribution in [0.1, 0.15) is 11.5 Å². The smallest absolute Gasteiger partial charge is 0.183 e. The van der Waals surface area contributed by atoms with Crippen molar-refractivity contribution in [2.45, 2.75) is 5.66 Å². The second kappa shape index (κ2) is 2.76. The van der Waals surface area contributed by atoms with E-state index in [1.807, 2.05) is 0 Å². The van der Waals surface area contributed by atoms with Crippen LogP contribution in [0.5, 0.6) is 0 Å². The van der Waals surface area contributed by atoms with Crippen LogP contribution >= 0.6 is 0 Å². The van der Waals surface area contributed by atoms with Gasteiger partial charge in [-0.2, -0.15) is 0 Å². The summed E-state index contributed by atoms with van der Waals surface area (Å²) in [5.41, 5.74) is 10.5. The Hall–Kier alpha value is -1.52. The average Bonchev–Trinajstić information content (AvgIpc) is 2.78. The van der Waals surface area contributed by atoms with E-state index in [4.69, 9.17) is 20.3 Å². The summed E-state index contributed by atoms with van der Waals surface area (Å²) in [7, 11) is 0. The Morgan fingerprint density at radius 1 is 0.923 bits per heavy atom. The molecule has 2 aromatic heterocycles. The fourth-order valence-electron chi connectivity index (χ4n) is 1.15. The molecule has 13 heavy (non-hydrogen) atoms. The van der Waals surface area contributed by atoms with Crippen molar-refractivity contribution >= 4 is 0 Å². The summed E-state index contributed by atoms with van der Waals surface area (Å²) in [6.45, 7) is 0. The Labute approximate surface area is 75.1 Å². The maximum absolute atomic E-state index is 5.84. The summed E-state index contributed by atoms with van der Waals surface area (Å²) in [6.07, 6.45) is 3.04. The summed E-state index contributed by atoms with van der Waals surface area (Å²) < 4.78 is 10.2. The third-order valence-electron chi connectivity index (χ3n) is 1.86. The maximum atomic E-state index is 5.84. The molecular weight excluding hydrogens is 168 g/mol. The van der Waals surface area contributed by atoms with Gasteiger partial charge in [0.2, 0.25) is 0 Å². The standard InChI is InChI=1S/C9H10N2O2/c10-9(11,7-3-1-5-12-7)8-4-2-6-13-8/h1-6H,10-11H2. The number of rotatable bonds is 2. The van der Waals surface area contributed by atoms with Crippen LogP contribution < -0.4 is 11.5 Å². The van der Waals surface area contributed by atoms with Gasteiger partial charge in [0, 0.05) is 0 Å². The van der Waals surface area contributed by atoms with Crippen LogP contribution in [-0.2, 0) is 5.66 Å². The lowest BCUT2D eigenvalue weighted by Crippen LogP contribution is -2.46. The predicted octanol–water partition coefficient (Wildman–Crippen LogP) is 0.991. The van der Waals surface area contributed by atoms with Gasteiger partial charge in [0.05, 0.1) is 12.5 Å². The molecule has 0 unspecified atom stereocenters. The minimum Gasteiger partial charge on any atom is -0.465 e. The third kappa shape index (κ3) is 1.26. The molecule has 0 amide bonds. The summed E-state index contributed by atoms with van der Waals surface area (Å²) in [6, 6.07) is 6.88. The summed E-state index contributed by atoms with van der Waals surface area (Å²) >= 11 is 0. The first-order chi connectivity index (χ1) is 6.21. The Balaban J connectivity index is 2.42. The van der Waals surface area contributed by atoms with Crippen LogP contribution in [0.25, 0.3) is 0 Å². The van der Waals surface area contributed by atoms with Crippen molar-refractivity contribution in [1.29, 1.82) is 0 Å². The van der Waals surface area contributed by atoms with Gasteiger partial charge in [-0.05, 0) is 24.3 Å². The zero-order chi connectivity index (χ0) is 9.31. The molecule has 4 nitrogen and oxygen atoms in total. The van der Waals surface area contributed by atoms with Crippen molar-refractivity contribution in [3.05, 3.63) is 48.3 Å². The van der Waals surface area contributed by atoms with Crippen molar-refractivity contribution in [2.24, 2.45) is 11.5 Å². The Morgan fingerprint density at radius 2 is 1.38 bits per heavy atom. The van der Waals surface area contributed by atoms with Crippen LogP contribution in [-0.4, -0.2) is 0 Å². The van der Waals surface area contributed by atoms with Crippen molar-refractivity contribution < 1.29 is 8.83 Å². The first-order valence-electron chi connectivity index (χ1n) is 3.87. The molecule has 0 atom stereocenters. The minimum atomic E-state index is -1.19. The zero-order valence-electron chi connectivity index (χ0n) is 6.94. The summed E-state index contributed by atoms with van der Waals surface area (Å²) in [4.78, 5) is 0. The molecule has 0 fully saturated rings. The minimum absolute atomic E-state index is 0.474. The highest BCUT2D eigenvalue weighted by Crippen LogP contribution is 2.21. The summed E-state index contributed by atoms with van der Waals surface area (Å²) in [5, 5.41) is 0. The quantitative estimate of drug-likeness (QED) is 0.672. The first-order valence-corrected chi connectivity index (χ1v) is 3.87. The molecule has 0 bridgehead atoms. The molecule has 2 heterocycles. The van der Waals surface area contributed by atoms with Crippen molar-refractivity contribution in [3.8, 4) is 0 Å². The molecular formula is C9H10N2O2. The van der Waals surface area contributed by atoms with E-state index in [0.29, 0.717) is 11.5 Å². The van der Waals surface area contributed by atoms with E-state index < -0.39 is 5.66 Å². The fraction of sp³-hybridized carbons (Fsp3) is 0.111. The monoisotopic (exact) mass is 178 g/mol. The molecule has 0 aliphatic heterocycles. The van der Waals surface area contributed by atoms with Crippen LogP contribution in [0, 0.1) is 0 Å². The van der Waals surface area contributed by atoms with Gasteiger partial charge < -0.3 is 20.3 Å².